The molecule has 2 aliphatic heterocycles. The van der Waals surface area contributed by atoms with Crippen LogP contribution in [0.4, 0.5) is 0 Å². The van der Waals surface area contributed by atoms with Crippen LogP contribution in [0.1, 0.15) is 19.3 Å². The quantitative estimate of drug-likeness (QED) is 0.742. The number of hydrogen-bond acceptors (Lipinski definition) is 3. The third-order valence-corrected chi connectivity index (χ3v) is 4.07. The number of aliphatic hydroxyl groups is 1. The number of nitrogens with zero attached hydrogens (tertiary/aromatic N) is 2. The standard InChI is InChI=1S/C14H20N2O/c1-15-11-7-12-13(15)6-5-8-14(12,17)16-9-3-2-4-10-16/h5-8,17H,2-4,9-11H2,1H3. The number of likely N-dealkylation sites (N-methyl/N-ethyl adjacent to an activating group) is 1. The predicted octanol–water partition coefficient (Wildman–Crippen LogP) is 1.49. The van der Waals surface area contributed by atoms with Gasteiger partial charge in [-0.15, -0.1) is 0 Å². The van der Waals surface area contributed by atoms with Crippen molar-refractivity contribution < 1.29 is 5.11 Å². The van der Waals surface area contributed by atoms with Gasteiger partial charge >= 0.3 is 0 Å². The molecule has 92 valence electrons. The molecule has 3 rings (SSSR count). The third kappa shape index (κ3) is 1.65. The van der Waals surface area contributed by atoms with Crippen LogP contribution in [0, 0.1) is 0 Å². The second kappa shape index (κ2) is 4.00. The molecule has 1 unspecified atom stereocenters. The summed E-state index contributed by atoms with van der Waals surface area (Å²) in [4.78, 5) is 4.40. The lowest BCUT2D eigenvalue weighted by atomic mass is 9.92. The molecule has 1 N–H and O–H groups in total. The summed E-state index contributed by atoms with van der Waals surface area (Å²) in [6.07, 6.45) is 11.9. The first-order valence-corrected chi connectivity index (χ1v) is 6.51. The molecule has 0 aromatic rings. The van der Waals surface area contributed by atoms with Crippen LogP contribution >= 0.6 is 0 Å². The van der Waals surface area contributed by atoms with Gasteiger partial charge in [0, 0.05) is 38.0 Å². The summed E-state index contributed by atoms with van der Waals surface area (Å²) in [5, 5.41) is 11.0. The minimum Gasteiger partial charge on any atom is -0.370 e. The minimum atomic E-state index is -0.866. The lowest BCUT2D eigenvalue weighted by Crippen LogP contribution is -2.52. The maximum atomic E-state index is 11.0. The molecule has 0 aromatic heterocycles. The van der Waals surface area contributed by atoms with Crippen LogP contribution in [0.5, 0.6) is 0 Å². The Hall–Kier alpha value is -1.06. The molecule has 0 bridgehead atoms. The largest absolute Gasteiger partial charge is 0.370 e. The molecule has 1 aliphatic carbocycles. The molecule has 3 heteroatoms. The smallest absolute Gasteiger partial charge is 0.166 e. The van der Waals surface area contributed by atoms with E-state index in [-0.39, 0.29) is 0 Å². The molecular formula is C14H20N2O. The monoisotopic (exact) mass is 232 g/mol. The Kier molecular flexibility index (Phi) is 2.60. The highest BCUT2D eigenvalue weighted by atomic mass is 16.3. The van der Waals surface area contributed by atoms with E-state index in [1.807, 2.05) is 12.2 Å². The second-order valence-corrected chi connectivity index (χ2v) is 5.18. The molecule has 1 fully saturated rings. The lowest BCUT2D eigenvalue weighted by molar-refractivity contribution is -0.0467. The van der Waals surface area contributed by atoms with Crippen molar-refractivity contribution in [1.29, 1.82) is 0 Å². The number of hydrogen-bond donors (Lipinski definition) is 1. The highest BCUT2D eigenvalue weighted by Crippen LogP contribution is 2.38. The first kappa shape index (κ1) is 11.1. The van der Waals surface area contributed by atoms with Gasteiger partial charge in [-0.2, -0.15) is 0 Å². The summed E-state index contributed by atoms with van der Waals surface area (Å²) in [5.41, 5.74) is 1.37. The molecule has 0 spiro atoms. The Bertz CT molecular complexity index is 404. The molecule has 1 atom stereocenters. The van der Waals surface area contributed by atoms with Gasteiger partial charge in [-0.1, -0.05) is 18.6 Å². The van der Waals surface area contributed by atoms with Crippen molar-refractivity contribution in [1.82, 2.24) is 9.80 Å². The summed E-state index contributed by atoms with van der Waals surface area (Å²) in [7, 11) is 2.07. The summed E-state index contributed by atoms with van der Waals surface area (Å²) in [5.74, 6) is 0. The normalized spacial score (nSPS) is 33.4. The van der Waals surface area contributed by atoms with Crippen molar-refractivity contribution in [3.05, 3.63) is 35.6 Å². The Balaban J connectivity index is 1.92. The summed E-state index contributed by atoms with van der Waals surface area (Å²) in [6.45, 7) is 2.89. The van der Waals surface area contributed by atoms with Gasteiger partial charge in [0.1, 0.15) is 0 Å². The van der Waals surface area contributed by atoms with Crippen molar-refractivity contribution >= 4 is 0 Å². The Morgan fingerprint density at radius 3 is 2.76 bits per heavy atom. The zero-order valence-corrected chi connectivity index (χ0v) is 10.4. The first-order valence-electron chi connectivity index (χ1n) is 6.51. The molecule has 0 aromatic carbocycles. The maximum Gasteiger partial charge on any atom is 0.166 e. The van der Waals surface area contributed by atoms with Crippen LogP contribution < -0.4 is 0 Å². The van der Waals surface area contributed by atoms with Crippen LogP contribution in [-0.4, -0.2) is 47.3 Å². The van der Waals surface area contributed by atoms with Crippen molar-refractivity contribution in [2.45, 2.75) is 25.0 Å². The van der Waals surface area contributed by atoms with E-state index < -0.39 is 5.72 Å². The van der Waals surface area contributed by atoms with Crippen LogP contribution in [0.2, 0.25) is 0 Å². The molecule has 3 nitrogen and oxygen atoms in total. The fraction of sp³-hybridized carbons (Fsp3) is 0.571. The van der Waals surface area contributed by atoms with E-state index in [1.54, 1.807) is 0 Å². The molecule has 1 saturated heterocycles. The summed E-state index contributed by atoms with van der Waals surface area (Å²) >= 11 is 0. The van der Waals surface area contributed by atoms with Gasteiger partial charge in [-0.3, -0.25) is 4.90 Å². The van der Waals surface area contributed by atoms with Crippen molar-refractivity contribution in [2.24, 2.45) is 0 Å². The Morgan fingerprint density at radius 1 is 1.24 bits per heavy atom. The molecule has 17 heavy (non-hydrogen) atoms. The fourth-order valence-corrected chi connectivity index (χ4v) is 3.07. The number of allylic oxidation sites excluding steroid dienone is 2. The van der Waals surface area contributed by atoms with Crippen LogP contribution in [-0.2, 0) is 0 Å². The van der Waals surface area contributed by atoms with Crippen LogP contribution in [0.25, 0.3) is 0 Å². The van der Waals surface area contributed by atoms with Crippen molar-refractivity contribution in [3.63, 3.8) is 0 Å². The SMILES string of the molecule is CN1CC=C2C1=CC=CC2(O)N1CCCCC1. The van der Waals surface area contributed by atoms with Crippen molar-refractivity contribution in [2.75, 3.05) is 26.7 Å². The van der Waals surface area contributed by atoms with E-state index in [2.05, 4.69) is 29.0 Å². The van der Waals surface area contributed by atoms with E-state index >= 15 is 0 Å². The van der Waals surface area contributed by atoms with Gasteiger partial charge < -0.3 is 10.0 Å². The van der Waals surface area contributed by atoms with Gasteiger partial charge in [0.05, 0.1) is 0 Å². The minimum absolute atomic E-state index is 0.866. The van der Waals surface area contributed by atoms with Crippen LogP contribution in [0.15, 0.2) is 35.6 Å². The van der Waals surface area contributed by atoms with Crippen molar-refractivity contribution in [3.8, 4) is 0 Å². The van der Waals surface area contributed by atoms with E-state index in [4.69, 9.17) is 0 Å². The van der Waals surface area contributed by atoms with Crippen LogP contribution in [0.3, 0.4) is 0 Å². The molecule has 2 heterocycles. The molecule has 0 saturated carbocycles. The van der Waals surface area contributed by atoms with Gasteiger partial charge in [0.2, 0.25) is 0 Å². The number of likely N-dealkylation sites (tertiary alicyclic amines) is 1. The summed E-state index contributed by atoms with van der Waals surface area (Å²) in [6, 6.07) is 0. The average molecular weight is 232 g/mol. The van der Waals surface area contributed by atoms with Gasteiger partial charge in [0.25, 0.3) is 0 Å². The van der Waals surface area contributed by atoms with E-state index in [1.165, 1.54) is 25.0 Å². The molecular weight excluding hydrogens is 212 g/mol. The predicted molar refractivity (Wildman–Crippen MR) is 68.3 cm³/mol. The zero-order valence-electron chi connectivity index (χ0n) is 10.4. The zero-order chi connectivity index (χ0) is 11.9. The van der Waals surface area contributed by atoms with Gasteiger partial charge in [0.15, 0.2) is 5.72 Å². The van der Waals surface area contributed by atoms with E-state index in [0.717, 1.165) is 25.2 Å². The van der Waals surface area contributed by atoms with E-state index in [0.29, 0.717) is 0 Å². The average Bonchev–Trinajstić information content (AvgIpc) is 2.74. The van der Waals surface area contributed by atoms with Gasteiger partial charge in [-0.25, -0.2) is 0 Å². The van der Waals surface area contributed by atoms with Gasteiger partial charge in [-0.05, 0) is 25.0 Å². The molecule has 3 aliphatic rings. The number of piperidine rings is 1. The highest BCUT2D eigenvalue weighted by molar-refractivity contribution is 5.49. The molecule has 0 radical (unpaired) electrons. The lowest BCUT2D eigenvalue weighted by Gasteiger charge is -2.42. The second-order valence-electron chi connectivity index (χ2n) is 5.18. The van der Waals surface area contributed by atoms with E-state index in [9.17, 15) is 5.11 Å². The third-order valence-electron chi connectivity index (χ3n) is 4.07. The topological polar surface area (TPSA) is 26.7 Å². The number of fused-ring (bicyclic) bond motifs is 1. The Labute approximate surface area is 103 Å². The first-order chi connectivity index (χ1) is 8.22. The highest BCUT2D eigenvalue weighted by Gasteiger charge is 2.41. The molecule has 0 amide bonds. The Morgan fingerprint density at radius 2 is 2.00 bits per heavy atom. The number of rotatable bonds is 1. The summed E-state index contributed by atoms with van der Waals surface area (Å²) < 4.78 is 0. The maximum absolute atomic E-state index is 11.0. The fourth-order valence-electron chi connectivity index (χ4n) is 3.07.